The number of thiophene rings is 1. The van der Waals surface area contributed by atoms with E-state index in [-0.39, 0.29) is 11.9 Å². The monoisotopic (exact) mass is 296 g/mol. The third-order valence-electron chi connectivity index (χ3n) is 1.73. The second-order valence-electron chi connectivity index (χ2n) is 2.88. The van der Waals surface area contributed by atoms with Crippen LogP contribution in [0, 0.1) is 0 Å². The predicted molar refractivity (Wildman–Crippen MR) is 62.4 cm³/mol. The summed E-state index contributed by atoms with van der Waals surface area (Å²) in [6, 6.07) is 1.64. The lowest BCUT2D eigenvalue weighted by Gasteiger charge is -2.06. The molecule has 0 aliphatic carbocycles. The highest BCUT2D eigenvalue weighted by Gasteiger charge is 2.12. The molecule has 0 saturated heterocycles. The summed E-state index contributed by atoms with van der Waals surface area (Å²) in [5.74, 6) is -0.331. The van der Waals surface area contributed by atoms with Crippen molar-refractivity contribution in [3.8, 4) is 0 Å². The molecule has 6 heteroatoms. The second-order valence-corrected chi connectivity index (χ2v) is 5.69. The minimum absolute atomic E-state index is 0.170. The predicted octanol–water partition coefficient (Wildman–Crippen LogP) is 2.43. The van der Waals surface area contributed by atoms with Crippen molar-refractivity contribution in [2.24, 2.45) is 11.5 Å². The Morgan fingerprint density at radius 2 is 2.36 bits per heavy atom. The molecule has 0 radical (unpaired) electrons. The SMILES string of the molecule is NC(=O)CCC(N)c1cc(Cl)c(Br)s1. The van der Waals surface area contributed by atoms with Crippen molar-refractivity contribution in [1.82, 2.24) is 0 Å². The zero-order valence-corrected chi connectivity index (χ0v) is 10.5. The van der Waals surface area contributed by atoms with Gasteiger partial charge in [0.1, 0.15) is 0 Å². The Balaban J connectivity index is 2.60. The first-order valence-corrected chi connectivity index (χ1v) is 5.98. The summed E-state index contributed by atoms with van der Waals surface area (Å²) in [4.78, 5) is 11.5. The van der Waals surface area contributed by atoms with E-state index in [1.54, 1.807) is 0 Å². The van der Waals surface area contributed by atoms with Gasteiger partial charge in [0, 0.05) is 17.3 Å². The minimum atomic E-state index is -0.331. The van der Waals surface area contributed by atoms with Gasteiger partial charge in [0.05, 0.1) is 8.81 Å². The average Bonchev–Trinajstić information content (AvgIpc) is 2.43. The van der Waals surface area contributed by atoms with E-state index in [1.807, 2.05) is 6.07 Å². The fourth-order valence-corrected chi connectivity index (χ4v) is 2.77. The van der Waals surface area contributed by atoms with Crippen LogP contribution >= 0.6 is 38.9 Å². The lowest BCUT2D eigenvalue weighted by atomic mass is 10.1. The van der Waals surface area contributed by atoms with Crippen LogP contribution in [0.4, 0.5) is 0 Å². The van der Waals surface area contributed by atoms with E-state index in [4.69, 9.17) is 23.1 Å². The summed E-state index contributed by atoms with van der Waals surface area (Å²) < 4.78 is 0.865. The molecule has 1 heterocycles. The number of halogens is 2. The molecule has 1 unspecified atom stereocenters. The Bertz CT molecular complexity index is 323. The molecule has 14 heavy (non-hydrogen) atoms. The first kappa shape index (κ1) is 12.0. The number of hydrogen-bond donors (Lipinski definition) is 2. The summed E-state index contributed by atoms with van der Waals surface area (Å²) >= 11 is 10.6. The molecule has 0 aliphatic rings. The van der Waals surface area contributed by atoms with Crippen molar-refractivity contribution in [3.05, 3.63) is 19.8 Å². The Kier molecular flexibility index (Phi) is 4.37. The van der Waals surface area contributed by atoms with Gasteiger partial charge >= 0.3 is 0 Å². The smallest absolute Gasteiger partial charge is 0.217 e. The summed E-state index contributed by atoms with van der Waals surface area (Å²) in [7, 11) is 0. The first-order valence-electron chi connectivity index (χ1n) is 3.99. The van der Waals surface area contributed by atoms with E-state index in [0.29, 0.717) is 17.9 Å². The number of amides is 1. The van der Waals surface area contributed by atoms with Crippen molar-refractivity contribution >= 4 is 44.8 Å². The van der Waals surface area contributed by atoms with E-state index in [0.717, 1.165) is 8.66 Å². The van der Waals surface area contributed by atoms with Gasteiger partial charge in [-0.3, -0.25) is 4.79 Å². The molecule has 1 aromatic rings. The van der Waals surface area contributed by atoms with Crippen LogP contribution in [0.15, 0.2) is 9.85 Å². The van der Waals surface area contributed by atoms with E-state index < -0.39 is 0 Å². The van der Waals surface area contributed by atoms with Crippen molar-refractivity contribution in [1.29, 1.82) is 0 Å². The van der Waals surface area contributed by atoms with Gasteiger partial charge in [-0.15, -0.1) is 11.3 Å². The van der Waals surface area contributed by atoms with Gasteiger partial charge in [-0.25, -0.2) is 0 Å². The summed E-state index contributed by atoms with van der Waals surface area (Å²) in [5, 5.41) is 0.652. The normalized spacial score (nSPS) is 12.8. The number of hydrogen-bond acceptors (Lipinski definition) is 3. The van der Waals surface area contributed by atoms with Crippen molar-refractivity contribution in [3.63, 3.8) is 0 Å². The highest BCUT2D eigenvalue weighted by atomic mass is 79.9. The van der Waals surface area contributed by atoms with Gasteiger partial charge in [-0.2, -0.15) is 0 Å². The van der Waals surface area contributed by atoms with Crippen molar-refractivity contribution in [2.45, 2.75) is 18.9 Å². The Labute approximate surface area is 99.5 Å². The van der Waals surface area contributed by atoms with E-state index >= 15 is 0 Å². The summed E-state index contributed by atoms with van der Waals surface area (Å²) in [5.41, 5.74) is 10.9. The lowest BCUT2D eigenvalue weighted by Crippen LogP contribution is -2.15. The zero-order chi connectivity index (χ0) is 10.7. The highest BCUT2D eigenvalue weighted by molar-refractivity contribution is 9.11. The Hall–Kier alpha value is -0.100. The van der Waals surface area contributed by atoms with Gasteiger partial charge in [0.2, 0.25) is 5.91 Å². The molecule has 1 aromatic heterocycles. The quantitative estimate of drug-likeness (QED) is 0.896. The highest BCUT2D eigenvalue weighted by Crippen LogP contribution is 2.35. The van der Waals surface area contributed by atoms with Crippen LogP contribution in [0.3, 0.4) is 0 Å². The molecule has 0 fully saturated rings. The Morgan fingerprint density at radius 3 is 2.79 bits per heavy atom. The zero-order valence-electron chi connectivity index (χ0n) is 7.30. The molecule has 0 bridgehead atoms. The molecule has 0 saturated carbocycles. The maximum Gasteiger partial charge on any atom is 0.217 e. The molecular weight excluding hydrogens is 288 g/mol. The average molecular weight is 298 g/mol. The fraction of sp³-hybridized carbons (Fsp3) is 0.375. The van der Waals surface area contributed by atoms with E-state index in [9.17, 15) is 4.79 Å². The topological polar surface area (TPSA) is 69.1 Å². The number of nitrogens with two attached hydrogens (primary N) is 2. The van der Waals surface area contributed by atoms with Crippen LogP contribution in [0.1, 0.15) is 23.8 Å². The number of rotatable bonds is 4. The maximum absolute atomic E-state index is 10.5. The third kappa shape index (κ3) is 3.24. The largest absolute Gasteiger partial charge is 0.370 e. The van der Waals surface area contributed by atoms with Gasteiger partial charge in [-0.05, 0) is 28.4 Å². The van der Waals surface area contributed by atoms with Crippen LogP contribution in [0.5, 0.6) is 0 Å². The molecule has 0 aliphatic heterocycles. The first-order chi connectivity index (χ1) is 6.50. The Morgan fingerprint density at radius 1 is 1.71 bits per heavy atom. The second kappa shape index (κ2) is 5.11. The van der Waals surface area contributed by atoms with E-state index in [2.05, 4.69) is 15.9 Å². The molecule has 78 valence electrons. The minimum Gasteiger partial charge on any atom is -0.370 e. The van der Waals surface area contributed by atoms with Gasteiger partial charge in [-0.1, -0.05) is 11.6 Å². The van der Waals surface area contributed by atoms with Gasteiger partial charge in [0.25, 0.3) is 0 Å². The molecule has 0 aromatic carbocycles. The number of primary amides is 1. The molecule has 1 atom stereocenters. The van der Waals surface area contributed by atoms with Gasteiger partial charge < -0.3 is 11.5 Å². The molecule has 1 rings (SSSR count). The maximum atomic E-state index is 10.5. The van der Waals surface area contributed by atoms with Crippen LogP contribution < -0.4 is 11.5 Å². The summed E-state index contributed by atoms with van der Waals surface area (Å²) in [6.07, 6.45) is 0.854. The standard InChI is InChI=1S/C8H10BrClN2OS/c9-8-4(10)3-6(14-8)5(11)1-2-7(12)13/h3,5H,1-2,11H2,(H2,12,13). The molecular formula is C8H10BrClN2OS. The molecule has 3 nitrogen and oxygen atoms in total. The van der Waals surface area contributed by atoms with Gasteiger partial charge in [0.15, 0.2) is 0 Å². The fourth-order valence-electron chi connectivity index (χ4n) is 0.986. The molecule has 0 spiro atoms. The molecule has 1 amide bonds. The van der Waals surface area contributed by atoms with Crippen molar-refractivity contribution < 1.29 is 4.79 Å². The van der Waals surface area contributed by atoms with Crippen LogP contribution in [0.2, 0.25) is 5.02 Å². The van der Waals surface area contributed by atoms with Crippen LogP contribution in [0.25, 0.3) is 0 Å². The number of carbonyl (C=O) groups excluding carboxylic acids is 1. The third-order valence-corrected chi connectivity index (χ3v) is 4.34. The van der Waals surface area contributed by atoms with Crippen LogP contribution in [-0.4, -0.2) is 5.91 Å². The summed E-state index contributed by atoms with van der Waals surface area (Å²) in [6.45, 7) is 0. The van der Waals surface area contributed by atoms with Crippen molar-refractivity contribution in [2.75, 3.05) is 0 Å². The number of carbonyl (C=O) groups is 1. The van der Waals surface area contributed by atoms with Crippen LogP contribution in [-0.2, 0) is 4.79 Å². The lowest BCUT2D eigenvalue weighted by molar-refractivity contribution is -0.118. The molecule has 4 N–H and O–H groups in total. The van der Waals surface area contributed by atoms with E-state index in [1.165, 1.54) is 11.3 Å².